The Morgan fingerprint density at radius 1 is 0.425 bits per heavy atom. The predicted octanol–water partition coefficient (Wildman–Crippen LogP) is 6.44. The van der Waals surface area contributed by atoms with Gasteiger partial charge in [0.05, 0.1) is 143 Å². The average Bonchev–Trinajstić information content (AvgIpc) is 3.38. The zero-order chi connectivity index (χ0) is 53.9. The zero-order valence-corrected chi connectivity index (χ0v) is 47.1. The molecule has 0 amide bonds. The molecule has 0 saturated heterocycles. The summed E-state index contributed by atoms with van der Waals surface area (Å²) in [5.74, 6) is -4.45. The number of rotatable bonds is 56. The van der Waals surface area contributed by atoms with Crippen LogP contribution in [0.2, 0.25) is 0 Å². The molecule has 0 aliphatic carbocycles. The smallest absolute Gasteiger partial charge is 0.319 e. The number of esters is 4. The second-order valence-corrected chi connectivity index (χ2v) is 18.9. The lowest BCUT2D eigenvalue weighted by atomic mass is 9.78. The average molecular weight is 1120 g/mol. The van der Waals surface area contributed by atoms with E-state index in [0.717, 1.165) is 32.3 Å². The van der Waals surface area contributed by atoms with Gasteiger partial charge in [0.2, 0.25) is 0 Å². The van der Waals surface area contributed by atoms with Crippen molar-refractivity contribution in [3.8, 4) is 0 Å². The van der Waals surface area contributed by atoms with Crippen LogP contribution >= 0.6 is 15.9 Å². The highest BCUT2D eigenvalue weighted by Crippen LogP contribution is 2.34. The van der Waals surface area contributed by atoms with E-state index in [1.165, 1.54) is 52.7 Å². The van der Waals surface area contributed by atoms with Crippen LogP contribution in [-0.4, -0.2) is 206 Å². The molecule has 0 aliphatic heterocycles. The molecule has 0 aromatic rings. The van der Waals surface area contributed by atoms with E-state index in [2.05, 4.69) is 29.8 Å². The highest BCUT2D eigenvalue weighted by Gasteiger charge is 2.39. The van der Waals surface area contributed by atoms with E-state index in [0.29, 0.717) is 85.7 Å². The van der Waals surface area contributed by atoms with Gasteiger partial charge in [0.25, 0.3) is 0 Å². The lowest BCUT2D eigenvalue weighted by Gasteiger charge is -2.29. The molecule has 0 spiro atoms. The summed E-state index contributed by atoms with van der Waals surface area (Å²) in [5, 5.41) is 9.20. The van der Waals surface area contributed by atoms with Crippen molar-refractivity contribution in [2.75, 3.05) is 166 Å². The van der Waals surface area contributed by atoms with Crippen molar-refractivity contribution in [1.29, 1.82) is 0 Å². The standard InChI is InChI=1S/C52H97BrO20/c1-7-9-10-11-12-13-14-15-16-17-20-70-48(55)44(41-46(53)50(57)71-21-18-54)40-45(42-52(3,4)51(58)73-39-37-69-43-47(59-5)60-6)49(56)72-38-36-68-35-34-67-33-32-66-31-30-65-29-28-64-27-26-63-25-24-62-23-22-61-19-8-2/h44-47,54H,7-43H2,1-6H3. The summed E-state index contributed by atoms with van der Waals surface area (Å²) in [7, 11) is 2.97. The van der Waals surface area contributed by atoms with Crippen molar-refractivity contribution >= 4 is 39.8 Å². The topological polar surface area (TPSA) is 227 Å². The maximum absolute atomic E-state index is 13.9. The number of halogens is 1. The highest BCUT2D eigenvalue weighted by molar-refractivity contribution is 9.10. The second kappa shape index (κ2) is 52.0. The number of aliphatic hydroxyl groups is 1. The van der Waals surface area contributed by atoms with Crippen molar-refractivity contribution in [2.24, 2.45) is 17.3 Å². The molecule has 0 aromatic carbocycles. The fourth-order valence-corrected chi connectivity index (χ4v) is 7.55. The van der Waals surface area contributed by atoms with Crippen LogP contribution in [0.3, 0.4) is 0 Å². The molecular formula is C52H97BrO20. The number of hydrogen-bond donors (Lipinski definition) is 1. The van der Waals surface area contributed by atoms with Gasteiger partial charge in [0, 0.05) is 20.8 Å². The Labute approximate surface area is 445 Å². The first-order chi connectivity index (χ1) is 35.5. The summed E-state index contributed by atoms with van der Waals surface area (Å²) in [6.45, 7) is 14.2. The number of ether oxygens (including phenoxy) is 15. The second-order valence-electron chi connectivity index (χ2n) is 17.8. The molecule has 20 nitrogen and oxygen atoms in total. The molecule has 3 unspecified atom stereocenters. The monoisotopic (exact) mass is 1120 g/mol. The predicted molar refractivity (Wildman–Crippen MR) is 276 cm³/mol. The number of unbranched alkanes of at least 4 members (excludes halogenated alkanes) is 9. The summed E-state index contributed by atoms with van der Waals surface area (Å²) in [5.41, 5.74) is -1.21. The first kappa shape index (κ1) is 70.9. The van der Waals surface area contributed by atoms with Crippen LogP contribution in [0.4, 0.5) is 0 Å². The Kier molecular flexibility index (Phi) is 50.5. The van der Waals surface area contributed by atoms with Gasteiger partial charge in [0.15, 0.2) is 6.29 Å². The molecular weight excluding hydrogens is 1020 g/mol. The minimum Gasteiger partial charge on any atom is -0.465 e. The van der Waals surface area contributed by atoms with Crippen LogP contribution in [0.25, 0.3) is 0 Å². The van der Waals surface area contributed by atoms with E-state index in [4.69, 9.17) is 71.1 Å². The molecule has 0 aliphatic rings. The molecule has 0 rings (SSSR count). The number of methoxy groups -OCH3 is 2. The van der Waals surface area contributed by atoms with Gasteiger partial charge in [0.1, 0.15) is 24.6 Å². The number of aliphatic hydroxyl groups excluding tert-OH is 1. The highest BCUT2D eigenvalue weighted by atomic mass is 79.9. The van der Waals surface area contributed by atoms with Crippen LogP contribution in [0.15, 0.2) is 0 Å². The Morgan fingerprint density at radius 2 is 0.808 bits per heavy atom. The Morgan fingerprint density at radius 3 is 1.26 bits per heavy atom. The van der Waals surface area contributed by atoms with Gasteiger partial charge in [-0.15, -0.1) is 0 Å². The van der Waals surface area contributed by atoms with Crippen LogP contribution in [0, 0.1) is 17.3 Å². The van der Waals surface area contributed by atoms with E-state index in [9.17, 15) is 24.3 Å². The molecule has 0 aromatic heterocycles. The Bertz CT molecular complexity index is 1280. The minimum atomic E-state index is -1.21. The van der Waals surface area contributed by atoms with Gasteiger partial charge in [-0.1, -0.05) is 87.6 Å². The maximum Gasteiger partial charge on any atom is 0.319 e. The Balaban J connectivity index is 5.05. The first-order valence-electron chi connectivity index (χ1n) is 26.6. The molecule has 73 heavy (non-hydrogen) atoms. The van der Waals surface area contributed by atoms with Crippen LogP contribution in [0.1, 0.15) is 118 Å². The fraction of sp³-hybridized carbons (Fsp3) is 0.923. The number of alkyl halides is 1. The van der Waals surface area contributed by atoms with E-state index in [1.807, 2.05) is 0 Å². The number of carbonyl (C=O) groups excluding carboxylic acids is 4. The van der Waals surface area contributed by atoms with Gasteiger partial charge in [-0.3, -0.25) is 19.2 Å². The van der Waals surface area contributed by atoms with Crippen molar-refractivity contribution in [1.82, 2.24) is 0 Å². The SMILES string of the molecule is CCCCCCCCCCCCOC(=O)C(CC(Br)C(=O)OCCO)CC(CC(C)(C)C(=O)OCCOCC(OC)OC)C(=O)OCCOCCOCCOCCOCCOCCOCCOCCOCCC. The van der Waals surface area contributed by atoms with Gasteiger partial charge in [-0.05, 0) is 46.0 Å². The third-order valence-electron chi connectivity index (χ3n) is 11.0. The van der Waals surface area contributed by atoms with Gasteiger partial charge in [-0.2, -0.15) is 0 Å². The maximum atomic E-state index is 13.9. The molecule has 1 N–H and O–H groups in total. The van der Waals surface area contributed by atoms with Crippen molar-refractivity contribution in [2.45, 2.75) is 129 Å². The van der Waals surface area contributed by atoms with E-state index < -0.39 is 52.2 Å². The fourth-order valence-electron chi connectivity index (χ4n) is 6.96. The third kappa shape index (κ3) is 43.7. The molecule has 0 fully saturated rings. The normalized spacial score (nSPS) is 13.0. The van der Waals surface area contributed by atoms with Crippen molar-refractivity contribution in [3.05, 3.63) is 0 Å². The molecule has 432 valence electrons. The quantitative estimate of drug-likeness (QED) is 0.0227. The molecule has 0 bridgehead atoms. The molecule has 21 heteroatoms. The van der Waals surface area contributed by atoms with E-state index >= 15 is 0 Å². The molecule has 3 atom stereocenters. The lowest BCUT2D eigenvalue weighted by Crippen LogP contribution is -2.36. The first-order valence-corrected chi connectivity index (χ1v) is 27.6. The number of carbonyl (C=O) groups is 4. The molecule has 0 radical (unpaired) electrons. The third-order valence-corrected chi connectivity index (χ3v) is 11.8. The summed E-state index contributed by atoms with van der Waals surface area (Å²) in [4.78, 5) is 52.8. The van der Waals surface area contributed by atoms with Crippen LogP contribution < -0.4 is 0 Å². The Hall–Kier alpha value is -2.12. The van der Waals surface area contributed by atoms with Gasteiger partial charge >= 0.3 is 23.9 Å². The van der Waals surface area contributed by atoms with Crippen LogP contribution in [0.5, 0.6) is 0 Å². The van der Waals surface area contributed by atoms with Crippen molar-refractivity contribution in [3.63, 3.8) is 0 Å². The summed E-state index contributed by atoms with van der Waals surface area (Å²) in [6.07, 6.45) is 11.4. The largest absolute Gasteiger partial charge is 0.465 e. The zero-order valence-electron chi connectivity index (χ0n) is 45.6. The molecule has 0 heterocycles. The summed E-state index contributed by atoms with van der Waals surface area (Å²) < 4.78 is 81.8. The van der Waals surface area contributed by atoms with Crippen LogP contribution in [-0.2, 0) is 90.2 Å². The summed E-state index contributed by atoms with van der Waals surface area (Å²) >= 11 is 3.34. The minimum absolute atomic E-state index is 0.0497. The van der Waals surface area contributed by atoms with E-state index in [1.54, 1.807) is 13.8 Å². The summed E-state index contributed by atoms with van der Waals surface area (Å²) in [6, 6.07) is 0. The number of hydrogen-bond acceptors (Lipinski definition) is 20. The van der Waals surface area contributed by atoms with Gasteiger partial charge < -0.3 is 76.2 Å². The molecule has 0 saturated carbocycles. The van der Waals surface area contributed by atoms with E-state index in [-0.39, 0.29) is 85.3 Å². The van der Waals surface area contributed by atoms with Gasteiger partial charge in [-0.25, -0.2) is 0 Å². The lowest BCUT2D eigenvalue weighted by molar-refractivity contribution is -0.163. The van der Waals surface area contributed by atoms with Crippen molar-refractivity contribution < 1.29 is 95.3 Å².